The standard InChI is InChI=1S/C18H18FN5O/c1-10-3-6-14(19)12(7-10)15-8-16(23-22-15)21-18(25)13-9-20-24(2)17(13)11-4-5-11/h3,6-9,11H,4-5H2,1-2H3,(H2,21,22,23,25). The largest absolute Gasteiger partial charge is 0.305 e. The number of aromatic nitrogens is 4. The molecular weight excluding hydrogens is 321 g/mol. The molecule has 1 aromatic carbocycles. The van der Waals surface area contributed by atoms with Gasteiger partial charge in [0.15, 0.2) is 5.82 Å². The lowest BCUT2D eigenvalue weighted by atomic mass is 10.1. The minimum atomic E-state index is -0.338. The zero-order valence-corrected chi connectivity index (χ0v) is 14.0. The van der Waals surface area contributed by atoms with E-state index in [-0.39, 0.29) is 11.7 Å². The lowest BCUT2D eigenvalue weighted by Gasteiger charge is -2.04. The number of carbonyl (C=O) groups is 1. The summed E-state index contributed by atoms with van der Waals surface area (Å²) in [6.07, 6.45) is 3.74. The van der Waals surface area contributed by atoms with Crippen molar-refractivity contribution in [2.75, 3.05) is 5.32 Å². The van der Waals surface area contributed by atoms with Gasteiger partial charge in [0.1, 0.15) is 5.82 Å². The third-order valence-corrected chi connectivity index (χ3v) is 4.42. The number of aryl methyl sites for hydroxylation is 2. The van der Waals surface area contributed by atoms with E-state index in [0.717, 1.165) is 24.1 Å². The maximum atomic E-state index is 14.0. The van der Waals surface area contributed by atoms with E-state index in [1.165, 1.54) is 6.07 Å². The molecule has 1 aliphatic rings. The van der Waals surface area contributed by atoms with E-state index in [0.29, 0.717) is 28.6 Å². The minimum absolute atomic E-state index is 0.252. The van der Waals surface area contributed by atoms with Crippen molar-refractivity contribution in [1.29, 1.82) is 0 Å². The number of aromatic amines is 1. The van der Waals surface area contributed by atoms with Crippen LogP contribution in [0.2, 0.25) is 0 Å². The first-order valence-electron chi connectivity index (χ1n) is 8.18. The van der Waals surface area contributed by atoms with Crippen LogP contribution in [0, 0.1) is 12.7 Å². The third kappa shape index (κ3) is 2.93. The van der Waals surface area contributed by atoms with Gasteiger partial charge in [0, 0.05) is 24.6 Å². The van der Waals surface area contributed by atoms with Gasteiger partial charge in [-0.25, -0.2) is 4.39 Å². The fourth-order valence-corrected chi connectivity index (χ4v) is 3.02. The van der Waals surface area contributed by atoms with E-state index in [4.69, 9.17) is 0 Å². The van der Waals surface area contributed by atoms with Gasteiger partial charge in [-0.15, -0.1) is 0 Å². The number of benzene rings is 1. The summed E-state index contributed by atoms with van der Waals surface area (Å²) in [5, 5.41) is 13.8. The van der Waals surface area contributed by atoms with Crippen LogP contribution in [0.25, 0.3) is 11.3 Å². The molecule has 2 N–H and O–H groups in total. The number of carbonyl (C=O) groups excluding carboxylic acids is 1. The number of anilines is 1. The fourth-order valence-electron chi connectivity index (χ4n) is 3.02. The molecule has 0 atom stereocenters. The Bertz CT molecular complexity index is 954. The average molecular weight is 339 g/mol. The van der Waals surface area contributed by atoms with Crippen LogP contribution < -0.4 is 5.32 Å². The second-order valence-corrected chi connectivity index (χ2v) is 6.45. The topological polar surface area (TPSA) is 75.6 Å². The number of H-pyrrole nitrogens is 1. The molecule has 0 radical (unpaired) electrons. The van der Waals surface area contributed by atoms with Gasteiger partial charge in [-0.1, -0.05) is 11.6 Å². The monoisotopic (exact) mass is 339 g/mol. The molecule has 1 saturated carbocycles. The Morgan fingerprint density at radius 2 is 2.16 bits per heavy atom. The van der Waals surface area contributed by atoms with Crippen LogP contribution in [0.5, 0.6) is 0 Å². The molecule has 128 valence electrons. The second-order valence-electron chi connectivity index (χ2n) is 6.45. The van der Waals surface area contributed by atoms with Crippen LogP contribution in [0.15, 0.2) is 30.5 Å². The first-order chi connectivity index (χ1) is 12.0. The highest BCUT2D eigenvalue weighted by molar-refractivity contribution is 6.04. The van der Waals surface area contributed by atoms with Gasteiger partial charge < -0.3 is 5.32 Å². The van der Waals surface area contributed by atoms with E-state index in [1.54, 1.807) is 29.1 Å². The number of hydrogen-bond acceptors (Lipinski definition) is 3. The molecule has 0 unspecified atom stereocenters. The number of halogens is 1. The van der Waals surface area contributed by atoms with Gasteiger partial charge >= 0.3 is 0 Å². The Labute approximate surface area is 144 Å². The Balaban J connectivity index is 1.57. The molecule has 1 aliphatic carbocycles. The summed E-state index contributed by atoms with van der Waals surface area (Å²) in [5.41, 5.74) is 3.41. The first-order valence-corrected chi connectivity index (χ1v) is 8.18. The van der Waals surface area contributed by atoms with Crippen molar-refractivity contribution in [2.24, 2.45) is 7.05 Å². The lowest BCUT2D eigenvalue weighted by molar-refractivity contribution is 0.102. The van der Waals surface area contributed by atoms with Crippen LogP contribution in [-0.4, -0.2) is 25.9 Å². The molecule has 2 heterocycles. The molecular formula is C18H18FN5O. The SMILES string of the molecule is Cc1ccc(F)c(-c2cc(NC(=O)c3cnn(C)c3C3CC3)n[nH]2)c1. The quantitative estimate of drug-likeness (QED) is 0.765. The number of hydrogen-bond donors (Lipinski definition) is 2. The highest BCUT2D eigenvalue weighted by Gasteiger charge is 2.31. The summed E-state index contributed by atoms with van der Waals surface area (Å²) >= 11 is 0. The number of nitrogens with zero attached hydrogens (tertiary/aromatic N) is 3. The van der Waals surface area contributed by atoms with Crippen molar-refractivity contribution in [3.05, 3.63) is 53.1 Å². The molecule has 6 nitrogen and oxygen atoms in total. The molecule has 0 saturated heterocycles. The first kappa shape index (κ1) is 15.6. The zero-order valence-electron chi connectivity index (χ0n) is 14.0. The number of amides is 1. The molecule has 2 aromatic heterocycles. The summed E-state index contributed by atoms with van der Waals surface area (Å²) in [7, 11) is 1.84. The lowest BCUT2D eigenvalue weighted by Crippen LogP contribution is -2.14. The highest BCUT2D eigenvalue weighted by Crippen LogP contribution is 2.41. The van der Waals surface area contributed by atoms with Crippen molar-refractivity contribution >= 4 is 11.7 Å². The minimum Gasteiger partial charge on any atom is -0.305 e. The van der Waals surface area contributed by atoms with Crippen molar-refractivity contribution < 1.29 is 9.18 Å². The van der Waals surface area contributed by atoms with Gasteiger partial charge in [-0.3, -0.25) is 14.6 Å². The van der Waals surface area contributed by atoms with Gasteiger partial charge in [0.2, 0.25) is 0 Å². The molecule has 1 fully saturated rings. The predicted molar refractivity (Wildman–Crippen MR) is 91.9 cm³/mol. The summed E-state index contributed by atoms with van der Waals surface area (Å²) < 4.78 is 15.8. The van der Waals surface area contributed by atoms with E-state index >= 15 is 0 Å². The number of rotatable bonds is 4. The average Bonchev–Trinajstić information content (AvgIpc) is 3.19. The normalized spacial score (nSPS) is 13.9. The highest BCUT2D eigenvalue weighted by atomic mass is 19.1. The molecule has 4 rings (SSSR count). The molecule has 0 spiro atoms. The molecule has 7 heteroatoms. The Morgan fingerprint density at radius 1 is 1.36 bits per heavy atom. The Morgan fingerprint density at radius 3 is 2.92 bits per heavy atom. The van der Waals surface area contributed by atoms with Gasteiger partial charge in [-0.2, -0.15) is 10.2 Å². The molecule has 25 heavy (non-hydrogen) atoms. The third-order valence-electron chi connectivity index (χ3n) is 4.42. The predicted octanol–water partition coefficient (Wildman–Crippen LogP) is 3.39. The van der Waals surface area contributed by atoms with Crippen molar-refractivity contribution in [1.82, 2.24) is 20.0 Å². The van der Waals surface area contributed by atoms with Crippen molar-refractivity contribution in [3.8, 4) is 11.3 Å². The summed E-state index contributed by atoms with van der Waals surface area (Å²) in [6.45, 7) is 1.89. The van der Waals surface area contributed by atoms with Gasteiger partial charge in [0.25, 0.3) is 5.91 Å². The zero-order chi connectivity index (χ0) is 17.6. The molecule has 1 amide bonds. The Hall–Kier alpha value is -2.96. The summed E-state index contributed by atoms with van der Waals surface area (Å²) in [4.78, 5) is 12.6. The van der Waals surface area contributed by atoms with Crippen molar-refractivity contribution in [2.45, 2.75) is 25.7 Å². The second kappa shape index (κ2) is 5.84. The van der Waals surface area contributed by atoms with Crippen LogP contribution in [0.1, 0.15) is 40.4 Å². The summed E-state index contributed by atoms with van der Waals surface area (Å²) in [6, 6.07) is 6.49. The number of nitrogens with one attached hydrogen (secondary N) is 2. The van der Waals surface area contributed by atoms with Gasteiger partial charge in [-0.05, 0) is 31.9 Å². The van der Waals surface area contributed by atoms with E-state index in [2.05, 4.69) is 20.6 Å². The molecule has 0 aliphatic heterocycles. The Kier molecular flexibility index (Phi) is 3.63. The van der Waals surface area contributed by atoms with Crippen LogP contribution in [0.3, 0.4) is 0 Å². The smallest absolute Gasteiger partial charge is 0.260 e. The van der Waals surface area contributed by atoms with Crippen molar-refractivity contribution in [3.63, 3.8) is 0 Å². The molecule has 3 aromatic rings. The van der Waals surface area contributed by atoms with Gasteiger partial charge in [0.05, 0.1) is 23.1 Å². The van der Waals surface area contributed by atoms with E-state index in [9.17, 15) is 9.18 Å². The van der Waals surface area contributed by atoms with E-state index < -0.39 is 0 Å². The maximum Gasteiger partial charge on any atom is 0.260 e. The van der Waals surface area contributed by atoms with Crippen LogP contribution >= 0.6 is 0 Å². The molecule has 0 bridgehead atoms. The maximum absolute atomic E-state index is 14.0. The fraction of sp³-hybridized carbons (Fsp3) is 0.278. The van der Waals surface area contributed by atoms with Crippen LogP contribution in [0.4, 0.5) is 10.2 Å². The van der Waals surface area contributed by atoms with E-state index in [1.807, 2.05) is 14.0 Å². The summed E-state index contributed by atoms with van der Waals surface area (Å²) in [5.74, 6) is 0.170. The van der Waals surface area contributed by atoms with Crippen LogP contribution in [-0.2, 0) is 7.05 Å².